The number of carbonyl (C=O) groups is 4. The quantitative estimate of drug-likeness (QED) is 0.568. The van der Waals surface area contributed by atoms with Gasteiger partial charge in [0.1, 0.15) is 0 Å². The molecule has 1 aromatic rings. The third kappa shape index (κ3) is 2.94. The van der Waals surface area contributed by atoms with Crippen molar-refractivity contribution >= 4 is 41.0 Å². The van der Waals surface area contributed by atoms with Gasteiger partial charge in [0, 0.05) is 18.0 Å². The van der Waals surface area contributed by atoms with Crippen LogP contribution in [0.5, 0.6) is 0 Å². The summed E-state index contributed by atoms with van der Waals surface area (Å²) >= 11 is 5.36. The summed E-state index contributed by atoms with van der Waals surface area (Å²) in [5, 5.41) is 6.60. The number of halogens is 1. The first-order valence-corrected chi connectivity index (χ1v) is 6.21. The first-order chi connectivity index (χ1) is 9.51. The van der Waals surface area contributed by atoms with Gasteiger partial charge in [-0.25, -0.2) is 4.79 Å². The van der Waals surface area contributed by atoms with E-state index in [9.17, 15) is 19.2 Å². The van der Waals surface area contributed by atoms with Crippen LogP contribution in [0.2, 0.25) is 0 Å². The molecule has 0 radical (unpaired) electrons. The van der Waals surface area contributed by atoms with E-state index >= 15 is 0 Å². The number of alkyl halides is 1. The predicted octanol–water partition coefficient (Wildman–Crippen LogP) is 0.847. The van der Waals surface area contributed by atoms with Gasteiger partial charge in [-0.2, -0.15) is 0 Å². The number of benzene rings is 1. The summed E-state index contributed by atoms with van der Waals surface area (Å²) in [6.07, 6.45) is 0.0239. The van der Waals surface area contributed by atoms with E-state index in [2.05, 4.69) is 16.0 Å². The van der Waals surface area contributed by atoms with E-state index in [4.69, 9.17) is 11.6 Å². The molecule has 1 aliphatic rings. The van der Waals surface area contributed by atoms with Crippen LogP contribution < -0.4 is 16.0 Å². The fourth-order valence-corrected chi connectivity index (χ4v) is 1.85. The van der Waals surface area contributed by atoms with Crippen LogP contribution in [0.4, 0.5) is 10.5 Å². The summed E-state index contributed by atoms with van der Waals surface area (Å²) in [4.78, 5) is 45.4. The number of hydrogen-bond donors (Lipinski definition) is 3. The number of urea groups is 1. The summed E-state index contributed by atoms with van der Waals surface area (Å²) in [5.41, 5.74) is 0.726. The fraction of sp³-hybridized carbons (Fsp3) is 0.167. The minimum Gasteiger partial charge on any atom is -0.308 e. The number of imide groups is 2. The third-order valence-electron chi connectivity index (χ3n) is 2.57. The molecule has 0 atom stereocenters. The number of hydrogen-bond acceptors (Lipinski definition) is 4. The average molecular weight is 296 g/mol. The van der Waals surface area contributed by atoms with Crippen molar-refractivity contribution in [3.63, 3.8) is 0 Å². The van der Waals surface area contributed by atoms with Gasteiger partial charge >= 0.3 is 6.03 Å². The average Bonchev–Trinajstić information content (AvgIpc) is 2.64. The summed E-state index contributed by atoms with van der Waals surface area (Å²) in [7, 11) is 0. The van der Waals surface area contributed by atoms with Crippen molar-refractivity contribution in [3.8, 4) is 0 Å². The Morgan fingerprint density at radius 1 is 1.15 bits per heavy atom. The van der Waals surface area contributed by atoms with Crippen LogP contribution >= 0.6 is 11.6 Å². The smallest absolute Gasteiger partial charge is 0.308 e. The molecule has 0 fully saturated rings. The van der Waals surface area contributed by atoms with Gasteiger partial charge in [0.15, 0.2) is 0 Å². The van der Waals surface area contributed by atoms with Gasteiger partial charge in [-0.05, 0) is 18.2 Å². The number of nitrogens with one attached hydrogen (secondary N) is 3. The molecule has 1 heterocycles. The Bertz CT molecular complexity index is 615. The number of rotatable bonds is 3. The van der Waals surface area contributed by atoms with E-state index in [0.29, 0.717) is 5.69 Å². The second-order valence-corrected chi connectivity index (χ2v) is 4.36. The molecule has 1 aromatic carbocycles. The zero-order chi connectivity index (χ0) is 14.7. The minimum atomic E-state index is -0.732. The fourth-order valence-electron chi connectivity index (χ4n) is 1.68. The lowest BCUT2D eigenvalue weighted by molar-refractivity contribution is -0.119. The van der Waals surface area contributed by atoms with Crippen molar-refractivity contribution in [2.24, 2.45) is 0 Å². The number of carbonyl (C=O) groups excluding carboxylic acids is 4. The van der Waals surface area contributed by atoms with Crippen LogP contribution in [0.15, 0.2) is 18.2 Å². The lowest BCUT2D eigenvalue weighted by Crippen LogP contribution is -2.34. The van der Waals surface area contributed by atoms with E-state index in [-0.39, 0.29) is 23.4 Å². The van der Waals surface area contributed by atoms with E-state index in [0.717, 1.165) is 0 Å². The van der Waals surface area contributed by atoms with E-state index in [1.54, 1.807) is 0 Å². The van der Waals surface area contributed by atoms with Gasteiger partial charge in [-0.1, -0.05) is 0 Å². The number of amides is 5. The van der Waals surface area contributed by atoms with Crippen LogP contribution in [-0.2, 0) is 4.79 Å². The maximum absolute atomic E-state index is 11.5. The maximum atomic E-state index is 11.5. The van der Waals surface area contributed by atoms with Gasteiger partial charge in [0.05, 0.1) is 11.1 Å². The minimum absolute atomic E-state index is 0.0239. The van der Waals surface area contributed by atoms with Crippen LogP contribution in [0, 0.1) is 0 Å². The number of fused-ring (bicyclic) bond motifs is 1. The van der Waals surface area contributed by atoms with Gasteiger partial charge in [0.2, 0.25) is 5.91 Å². The van der Waals surface area contributed by atoms with Crippen LogP contribution in [0.3, 0.4) is 0 Å². The molecule has 0 saturated carbocycles. The molecule has 7 nitrogen and oxygen atoms in total. The van der Waals surface area contributed by atoms with Crippen molar-refractivity contribution in [2.75, 3.05) is 11.2 Å². The zero-order valence-corrected chi connectivity index (χ0v) is 10.9. The molecule has 0 unspecified atom stereocenters. The molecular formula is C12H10ClN3O4. The highest BCUT2D eigenvalue weighted by molar-refractivity contribution is 6.22. The van der Waals surface area contributed by atoms with Crippen molar-refractivity contribution in [1.29, 1.82) is 0 Å². The standard InChI is InChI=1S/C12H10ClN3O4/c13-4-3-9(17)15-12(20)14-6-1-2-7-8(5-6)11(19)16-10(7)18/h1-2,5H,3-4H2,(H,16,18,19)(H2,14,15,17,20). The molecule has 5 amide bonds. The lowest BCUT2D eigenvalue weighted by Gasteiger charge is -2.06. The van der Waals surface area contributed by atoms with Crippen molar-refractivity contribution in [3.05, 3.63) is 29.3 Å². The number of anilines is 1. The van der Waals surface area contributed by atoms with Crippen LogP contribution in [-0.4, -0.2) is 29.6 Å². The summed E-state index contributed by atoms with van der Waals surface area (Å²) in [6, 6.07) is 3.51. The first kappa shape index (κ1) is 14.0. The second kappa shape index (κ2) is 5.70. The molecule has 20 heavy (non-hydrogen) atoms. The molecule has 104 valence electrons. The highest BCUT2D eigenvalue weighted by atomic mass is 35.5. The molecule has 0 spiro atoms. The Balaban J connectivity index is 2.06. The Hall–Kier alpha value is -2.41. The van der Waals surface area contributed by atoms with Crippen LogP contribution in [0.1, 0.15) is 27.1 Å². The van der Waals surface area contributed by atoms with Gasteiger partial charge < -0.3 is 5.32 Å². The van der Waals surface area contributed by atoms with Gasteiger partial charge in [0.25, 0.3) is 11.8 Å². The second-order valence-electron chi connectivity index (χ2n) is 3.98. The molecule has 0 bridgehead atoms. The highest BCUT2D eigenvalue weighted by Gasteiger charge is 2.26. The summed E-state index contributed by atoms with van der Waals surface area (Å²) in [6.45, 7) is 0. The SMILES string of the molecule is O=C(CCCl)NC(=O)Nc1ccc2c(c1)C(=O)NC2=O. The van der Waals surface area contributed by atoms with Crippen molar-refractivity contribution in [1.82, 2.24) is 10.6 Å². The molecule has 0 aromatic heterocycles. The Kier molecular flexibility index (Phi) is 3.99. The molecule has 8 heteroatoms. The van der Waals surface area contributed by atoms with Crippen LogP contribution in [0.25, 0.3) is 0 Å². The molecule has 3 N–H and O–H groups in total. The topological polar surface area (TPSA) is 104 Å². The highest BCUT2D eigenvalue weighted by Crippen LogP contribution is 2.20. The lowest BCUT2D eigenvalue weighted by atomic mass is 10.1. The summed E-state index contributed by atoms with van der Waals surface area (Å²) < 4.78 is 0. The molecule has 2 rings (SSSR count). The first-order valence-electron chi connectivity index (χ1n) is 5.68. The van der Waals surface area contributed by atoms with Gasteiger partial charge in [-0.3, -0.25) is 25.0 Å². The van der Waals surface area contributed by atoms with Crippen molar-refractivity contribution < 1.29 is 19.2 Å². The summed E-state index contributed by atoms with van der Waals surface area (Å²) in [5.74, 6) is -1.39. The Morgan fingerprint density at radius 2 is 1.85 bits per heavy atom. The zero-order valence-electron chi connectivity index (χ0n) is 10.2. The predicted molar refractivity (Wildman–Crippen MR) is 70.7 cm³/mol. The molecule has 0 aliphatic carbocycles. The van der Waals surface area contributed by atoms with E-state index in [1.807, 2.05) is 0 Å². The molecule has 1 aliphatic heterocycles. The van der Waals surface area contributed by atoms with E-state index < -0.39 is 23.8 Å². The Morgan fingerprint density at radius 3 is 2.55 bits per heavy atom. The normalized spacial score (nSPS) is 12.7. The Labute approximate surface area is 118 Å². The van der Waals surface area contributed by atoms with E-state index in [1.165, 1.54) is 18.2 Å². The maximum Gasteiger partial charge on any atom is 0.325 e. The third-order valence-corrected chi connectivity index (χ3v) is 2.76. The van der Waals surface area contributed by atoms with Crippen molar-refractivity contribution in [2.45, 2.75) is 6.42 Å². The molecule has 0 saturated heterocycles. The van der Waals surface area contributed by atoms with Gasteiger partial charge in [-0.15, -0.1) is 11.6 Å². The monoisotopic (exact) mass is 295 g/mol. The largest absolute Gasteiger partial charge is 0.325 e. The molecular weight excluding hydrogens is 286 g/mol.